The summed E-state index contributed by atoms with van der Waals surface area (Å²) in [5.74, 6) is -0.606. The van der Waals surface area contributed by atoms with Gasteiger partial charge in [-0.25, -0.2) is 4.39 Å². The van der Waals surface area contributed by atoms with Crippen LogP contribution in [0.25, 0.3) is 10.9 Å². The van der Waals surface area contributed by atoms with Crippen molar-refractivity contribution in [1.82, 2.24) is 4.57 Å². The van der Waals surface area contributed by atoms with Gasteiger partial charge in [0.05, 0.1) is 11.1 Å². The predicted molar refractivity (Wildman–Crippen MR) is 108 cm³/mol. The third-order valence-electron chi connectivity index (χ3n) is 4.78. The first-order chi connectivity index (χ1) is 13.5. The third-order valence-corrected chi connectivity index (χ3v) is 4.78. The summed E-state index contributed by atoms with van der Waals surface area (Å²) in [5.41, 5.74) is 2.89. The molecule has 0 amide bonds. The zero-order chi connectivity index (χ0) is 19.7. The monoisotopic (exact) mass is 371 g/mol. The number of fused-ring (bicyclic) bond motifs is 1. The Morgan fingerprint density at radius 2 is 1.68 bits per heavy atom. The molecule has 0 aliphatic heterocycles. The van der Waals surface area contributed by atoms with Crippen molar-refractivity contribution in [2.45, 2.75) is 13.5 Å². The molecule has 138 valence electrons. The number of pyridine rings is 1. The maximum absolute atomic E-state index is 13.2. The molecule has 0 aliphatic rings. The minimum atomic E-state index is -0.304. The number of carbonyl (C=O) groups excluding carboxylic acids is 1. The Morgan fingerprint density at radius 1 is 0.964 bits per heavy atom. The van der Waals surface area contributed by atoms with Gasteiger partial charge in [-0.2, -0.15) is 0 Å². The van der Waals surface area contributed by atoms with E-state index in [1.54, 1.807) is 48.7 Å². The lowest BCUT2D eigenvalue weighted by molar-refractivity contribution is 0.103. The highest BCUT2D eigenvalue weighted by molar-refractivity contribution is 6.10. The summed E-state index contributed by atoms with van der Waals surface area (Å²) >= 11 is 0. The second-order valence-corrected chi connectivity index (χ2v) is 6.84. The van der Waals surface area contributed by atoms with Crippen molar-refractivity contribution in [3.63, 3.8) is 0 Å². The molecule has 0 aliphatic carbocycles. The van der Waals surface area contributed by atoms with Crippen LogP contribution in [0.4, 0.5) is 4.39 Å². The molecule has 0 atom stereocenters. The molecule has 0 spiro atoms. The van der Waals surface area contributed by atoms with Gasteiger partial charge in [0, 0.05) is 23.7 Å². The van der Waals surface area contributed by atoms with Crippen LogP contribution in [0.2, 0.25) is 0 Å². The van der Waals surface area contributed by atoms with Gasteiger partial charge in [-0.3, -0.25) is 9.59 Å². The van der Waals surface area contributed by atoms with E-state index in [2.05, 4.69) is 0 Å². The fourth-order valence-electron chi connectivity index (χ4n) is 3.34. The Morgan fingerprint density at radius 3 is 2.39 bits per heavy atom. The third kappa shape index (κ3) is 3.37. The first-order valence-corrected chi connectivity index (χ1v) is 9.01. The van der Waals surface area contributed by atoms with Crippen LogP contribution in [-0.4, -0.2) is 10.4 Å². The Hall–Kier alpha value is -3.53. The minimum absolute atomic E-state index is 0.131. The van der Waals surface area contributed by atoms with E-state index < -0.39 is 0 Å². The van der Waals surface area contributed by atoms with Crippen LogP contribution in [0, 0.1) is 12.7 Å². The number of aromatic nitrogens is 1. The molecule has 0 saturated carbocycles. The van der Waals surface area contributed by atoms with Crippen LogP contribution < -0.4 is 5.43 Å². The Labute approximate surface area is 161 Å². The second kappa shape index (κ2) is 7.24. The smallest absolute Gasteiger partial charge is 0.200 e. The van der Waals surface area contributed by atoms with Crippen molar-refractivity contribution in [3.8, 4) is 0 Å². The maximum atomic E-state index is 13.2. The molecular weight excluding hydrogens is 353 g/mol. The van der Waals surface area contributed by atoms with E-state index in [0.29, 0.717) is 17.5 Å². The van der Waals surface area contributed by atoms with Gasteiger partial charge in [0.15, 0.2) is 5.78 Å². The average molecular weight is 371 g/mol. The summed E-state index contributed by atoms with van der Waals surface area (Å²) in [7, 11) is 0. The van der Waals surface area contributed by atoms with Crippen LogP contribution in [0.3, 0.4) is 0 Å². The lowest BCUT2D eigenvalue weighted by Gasteiger charge is -2.14. The van der Waals surface area contributed by atoms with E-state index in [1.807, 2.05) is 29.7 Å². The van der Waals surface area contributed by atoms with E-state index in [1.165, 1.54) is 12.1 Å². The molecule has 3 aromatic carbocycles. The number of rotatable bonds is 4. The zero-order valence-corrected chi connectivity index (χ0v) is 15.4. The highest BCUT2D eigenvalue weighted by Gasteiger charge is 2.17. The minimum Gasteiger partial charge on any atom is -0.342 e. The van der Waals surface area contributed by atoms with E-state index in [4.69, 9.17) is 0 Å². The molecule has 1 heterocycles. The van der Waals surface area contributed by atoms with Crippen molar-refractivity contribution in [1.29, 1.82) is 0 Å². The molecular formula is C24H18FNO2. The zero-order valence-electron chi connectivity index (χ0n) is 15.4. The fraction of sp³-hybridized carbons (Fsp3) is 0.0833. The van der Waals surface area contributed by atoms with Gasteiger partial charge >= 0.3 is 0 Å². The summed E-state index contributed by atoms with van der Waals surface area (Å²) in [5, 5.41) is 0.504. The van der Waals surface area contributed by atoms with Gasteiger partial charge < -0.3 is 4.57 Å². The number of halogens is 1. The second-order valence-electron chi connectivity index (χ2n) is 6.84. The lowest BCUT2D eigenvalue weighted by atomic mass is 10.0. The number of hydrogen-bond donors (Lipinski definition) is 0. The molecule has 1 aromatic heterocycles. The van der Waals surface area contributed by atoms with Gasteiger partial charge in [0.1, 0.15) is 5.82 Å². The molecule has 28 heavy (non-hydrogen) atoms. The van der Waals surface area contributed by atoms with Crippen LogP contribution >= 0.6 is 0 Å². The van der Waals surface area contributed by atoms with E-state index in [0.717, 1.165) is 16.6 Å². The lowest BCUT2D eigenvalue weighted by Crippen LogP contribution is -2.20. The molecule has 4 heteroatoms. The topological polar surface area (TPSA) is 39.1 Å². The standard InChI is InChI=1S/C24H18FNO2/c1-16-7-12-22-20(13-16)24(28)21(23(27)18-5-3-2-4-6-18)15-26(22)14-17-8-10-19(25)11-9-17/h2-13,15H,14H2,1H3. The molecule has 4 rings (SSSR count). The molecule has 0 N–H and O–H groups in total. The average Bonchev–Trinajstić information content (AvgIpc) is 2.72. The molecule has 0 fully saturated rings. The van der Waals surface area contributed by atoms with Crippen molar-refractivity contribution in [3.05, 3.63) is 117 Å². The maximum Gasteiger partial charge on any atom is 0.200 e. The number of carbonyl (C=O) groups is 1. The van der Waals surface area contributed by atoms with Gasteiger partial charge in [0.2, 0.25) is 5.43 Å². The largest absolute Gasteiger partial charge is 0.342 e. The number of nitrogens with zero attached hydrogens (tertiary/aromatic N) is 1. The summed E-state index contributed by atoms with van der Waals surface area (Å²) in [6.07, 6.45) is 1.61. The van der Waals surface area contributed by atoms with Gasteiger partial charge in [0.25, 0.3) is 0 Å². The first-order valence-electron chi connectivity index (χ1n) is 9.01. The van der Waals surface area contributed by atoms with E-state index in [9.17, 15) is 14.0 Å². The van der Waals surface area contributed by atoms with Crippen molar-refractivity contribution >= 4 is 16.7 Å². The van der Waals surface area contributed by atoms with Gasteiger partial charge in [-0.05, 0) is 36.8 Å². The summed E-state index contributed by atoms with van der Waals surface area (Å²) in [6.45, 7) is 2.34. The Kier molecular flexibility index (Phi) is 4.62. The Balaban J connectivity index is 1.91. The van der Waals surface area contributed by atoms with Crippen molar-refractivity contribution in [2.24, 2.45) is 0 Å². The SMILES string of the molecule is Cc1ccc2c(c1)c(=O)c(C(=O)c1ccccc1)cn2Cc1ccc(F)cc1. The van der Waals surface area contributed by atoms with Gasteiger partial charge in [-0.1, -0.05) is 54.1 Å². The van der Waals surface area contributed by atoms with Crippen LogP contribution in [0.1, 0.15) is 27.0 Å². The highest BCUT2D eigenvalue weighted by atomic mass is 19.1. The quantitative estimate of drug-likeness (QED) is 0.487. The molecule has 0 radical (unpaired) electrons. The molecule has 3 nitrogen and oxygen atoms in total. The molecule has 0 bridgehead atoms. The number of benzene rings is 3. The normalized spacial score (nSPS) is 10.9. The summed E-state index contributed by atoms with van der Waals surface area (Å²) in [4.78, 5) is 26.0. The van der Waals surface area contributed by atoms with Crippen molar-refractivity contribution in [2.75, 3.05) is 0 Å². The molecule has 0 saturated heterocycles. The highest BCUT2D eigenvalue weighted by Crippen LogP contribution is 2.18. The van der Waals surface area contributed by atoms with Crippen molar-refractivity contribution < 1.29 is 9.18 Å². The number of ketones is 1. The fourth-order valence-corrected chi connectivity index (χ4v) is 3.34. The first kappa shape index (κ1) is 17.9. The van der Waals surface area contributed by atoms with Crippen LogP contribution in [-0.2, 0) is 6.54 Å². The number of aryl methyl sites for hydroxylation is 1. The molecule has 4 aromatic rings. The van der Waals surface area contributed by atoms with E-state index in [-0.39, 0.29) is 22.6 Å². The predicted octanol–water partition coefficient (Wildman–Crippen LogP) is 4.73. The summed E-state index contributed by atoms with van der Waals surface area (Å²) < 4.78 is 15.1. The molecule has 0 unspecified atom stereocenters. The number of hydrogen-bond acceptors (Lipinski definition) is 2. The van der Waals surface area contributed by atoms with E-state index >= 15 is 0 Å². The van der Waals surface area contributed by atoms with Crippen LogP contribution in [0.5, 0.6) is 0 Å². The van der Waals surface area contributed by atoms with Crippen LogP contribution in [0.15, 0.2) is 83.8 Å². The summed E-state index contributed by atoms with van der Waals surface area (Å²) in [6, 6.07) is 20.6. The Bertz CT molecular complexity index is 1230. The van der Waals surface area contributed by atoms with Gasteiger partial charge in [-0.15, -0.1) is 0 Å².